The van der Waals surface area contributed by atoms with Crippen LogP contribution >= 0.6 is 0 Å². The Balaban J connectivity index is 1.97. The zero-order valence-corrected chi connectivity index (χ0v) is 8.79. The average Bonchev–Trinajstić information content (AvgIpc) is 2.40. The smallest absolute Gasteiger partial charge is 0.275 e. The number of anilines is 1. The molecule has 3 rings (SSSR count). The molecule has 2 aromatic heterocycles. The molecule has 84 valence electrons. The molecule has 0 spiro atoms. The van der Waals surface area contributed by atoms with Gasteiger partial charge in [-0.2, -0.15) is 0 Å². The van der Waals surface area contributed by atoms with Crippen LogP contribution in [0.3, 0.4) is 0 Å². The molecule has 2 N–H and O–H groups in total. The van der Waals surface area contributed by atoms with Crippen LogP contribution in [0.4, 0.5) is 5.82 Å². The first-order valence-corrected chi connectivity index (χ1v) is 5.13. The number of hydrogen-bond acceptors (Lipinski definition) is 5. The number of carbonyl (C=O) groups is 1. The summed E-state index contributed by atoms with van der Waals surface area (Å²) in [5.74, 6) is 0.255. The van der Waals surface area contributed by atoms with Gasteiger partial charge in [0.15, 0.2) is 11.5 Å². The fourth-order valence-electron chi connectivity index (χ4n) is 1.70. The highest BCUT2D eigenvalue weighted by atomic mass is 16.2. The van der Waals surface area contributed by atoms with Crippen LogP contribution < -0.4 is 10.6 Å². The van der Waals surface area contributed by atoms with Crippen LogP contribution in [-0.2, 0) is 0 Å². The first-order chi connectivity index (χ1) is 8.34. The Morgan fingerprint density at radius 2 is 2.00 bits per heavy atom. The molecule has 0 radical (unpaired) electrons. The predicted molar refractivity (Wildman–Crippen MR) is 60.1 cm³/mol. The van der Waals surface area contributed by atoms with Gasteiger partial charge in [0.1, 0.15) is 6.17 Å². The standard InChI is InChI=1S/C11H9N5O/c17-11-8-10(14-5-4-13-8)15-9(16-11)7-2-1-3-12-6-7/h1-6,9H,(H,14,15)(H,16,17). The number of nitrogens with one attached hydrogen (secondary N) is 2. The maximum Gasteiger partial charge on any atom is 0.275 e. The topological polar surface area (TPSA) is 79.8 Å². The van der Waals surface area contributed by atoms with Crippen LogP contribution in [0.5, 0.6) is 0 Å². The normalized spacial score (nSPS) is 17.9. The van der Waals surface area contributed by atoms with Gasteiger partial charge in [0.05, 0.1) is 0 Å². The van der Waals surface area contributed by atoms with Crippen LogP contribution in [0.2, 0.25) is 0 Å². The van der Waals surface area contributed by atoms with Crippen molar-refractivity contribution in [2.75, 3.05) is 5.32 Å². The van der Waals surface area contributed by atoms with Gasteiger partial charge >= 0.3 is 0 Å². The van der Waals surface area contributed by atoms with E-state index in [0.29, 0.717) is 11.5 Å². The van der Waals surface area contributed by atoms with E-state index in [0.717, 1.165) is 5.56 Å². The molecule has 1 amide bonds. The molecule has 0 aliphatic carbocycles. The van der Waals surface area contributed by atoms with Crippen LogP contribution in [-0.4, -0.2) is 20.9 Å². The number of fused-ring (bicyclic) bond motifs is 1. The molecule has 1 atom stereocenters. The van der Waals surface area contributed by atoms with Gasteiger partial charge in [0, 0.05) is 30.4 Å². The number of hydrogen-bond donors (Lipinski definition) is 2. The summed E-state index contributed by atoms with van der Waals surface area (Å²) in [5.41, 5.74) is 1.18. The lowest BCUT2D eigenvalue weighted by molar-refractivity contribution is 0.0929. The maximum absolute atomic E-state index is 11.8. The monoisotopic (exact) mass is 227 g/mol. The molecular formula is C11H9N5O. The van der Waals surface area contributed by atoms with Crippen molar-refractivity contribution in [3.63, 3.8) is 0 Å². The highest BCUT2D eigenvalue weighted by molar-refractivity contribution is 5.98. The zero-order chi connectivity index (χ0) is 11.7. The van der Waals surface area contributed by atoms with Crippen molar-refractivity contribution in [1.29, 1.82) is 0 Å². The van der Waals surface area contributed by atoms with E-state index in [1.807, 2.05) is 12.1 Å². The number of aromatic nitrogens is 3. The molecule has 17 heavy (non-hydrogen) atoms. The number of rotatable bonds is 1. The predicted octanol–water partition coefficient (Wildman–Crippen LogP) is 0.726. The molecule has 0 fully saturated rings. The van der Waals surface area contributed by atoms with Crippen LogP contribution in [0.25, 0.3) is 0 Å². The number of carbonyl (C=O) groups excluding carboxylic acids is 1. The number of nitrogens with zero attached hydrogens (tertiary/aromatic N) is 3. The number of amides is 1. The lowest BCUT2D eigenvalue weighted by atomic mass is 10.2. The van der Waals surface area contributed by atoms with Gasteiger partial charge in [-0.1, -0.05) is 6.07 Å². The second-order valence-electron chi connectivity index (χ2n) is 3.59. The third kappa shape index (κ3) is 1.69. The summed E-state index contributed by atoms with van der Waals surface area (Å²) in [5, 5.41) is 5.89. The molecule has 0 aromatic carbocycles. The van der Waals surface area contributed by atoms with Crippen molar-refractivity contribution in [2.24, 2.45) is 0 Å². The van der Waals surface area contributed by atoms with Crippen molar-refractivity contribution in [2.45, 2.75) is 6.17 Å². The molecular weight excluding hydrogens is 218 g/mol. The van der Waals surface area contributed by atoms with Gasteiger partial charge in [-0.15, -0.1) is 0 Å². The highest BCUT2D eigenvalue weighted by Gasteiger charge is 2.26. The van der Waals surface area contributed by atoms with E-state index in [2.05, 4.69) is 25.6 Å². The molecule has 6 heteroatoms. The first kappa shape index (κ1) is 9.71. The van der Waals surface area contributed by atoms with E-state index in [9.17, 15) is 4.79 Å². The lowest BCUT2D eigenvalue weighted by Gasteiger charge is -2.25. The summed E-state index contributed by atoms with van der Waals surface area (Å²) in [7, 11) is 0. The largest absolute Gasteiger partial charge is 0.344 e. The van der Waals surface area contributed by atoms with Crippen LogP contribution in [0, 0.1) is 0 Å². The van der Waals surface area contributed by atoms with Gasteiger partial charge in [0.2, 0.25) is 0 Å². The van der Waals surface area contributed by atoms with E-state index in [-0.39, 0.29) is 12.1 Å². The van der Waals surface area contributed by atoms with Gasteiger partial charge in [-0.05, 0) is 6.07 Å². The van der Waals surface area contributed by atoms with E-state index < -0.39 is 0 Å². The minimum Gasteiger partial charge on any atom is -0.344 e. The van der Waals surface area contributed by atoms with Gasteiger partial charge in [0.25, 0.3) is 5.91 Å². The fourth-order valence-corrected chi connectivity index (χ4v) is 1.70. The summed E-state index contributed by atoms with van der Waals surface area (Å²) in [6.45, 7) is 0. The Labute approximate surface area is 97.1 Å². The minimum absolute atomic E-state index is 0.235. The minimum atomic E-state index is -0.319. The van der Waals surface area contributed by atoms with E-state index in [4.69, 9.17) is 0 Å². The third-order valence-corrected chi connectivity index (χ3v) is 2.49. The first-order valence-electron chi connectivity index (χ1n) is 5.13. The Hall–Kier alpha value is -2.50. The molecule has 1 aliphatic rings. The van der Waals surface area contributed by atoms with Gasteiger partial charge in [-0.3, -0.25) is 9.78 Å². The molecule has 2 aromatic rings. The van der Waals surface area contributed by atoms with Crippen molar-refractivity contribution in [1.82, 2.24) is 20.3 Å². The summed E-state index contributed by atoms with van der Waals surface area (Å²) >= 11 is 0. The molecule has 1 unspecified atom stereocenters. The van der Waals surface area contributed by atoms with Gasteiger partial charge in [-0.25, -0.2) is 9.97 Å². The summed E-state index contributed by atoms with van der Waals surface area (Å²) in [6.07, 6.45) is 6.09. The number of pyridine rings is 1. The molecule has 0 bridgehead atoms. The summed E-state index contributed by atoms with van der Waals surface area (Å²) in [6, 6.07) is 3.70. The Morgan fingerprint density at radius 1 is 1.12 bits per heavy atom. The van der Waals surface area contributed by atoms with E-state index >= 15 is 0 Å². The van der Waals surface area contributed by atoms with E-state index in [1.54, 1.807) is 18.6 Å². The maximum atomic E-state index is 11.8. The van der Waals surface area contributed by atoms with E-state index in [1.165, 1.54) is 6.20 Å². The SMILES string of the molecule is O=C1NC(c2cccnc2)Nc2nccnc21. The lowest BCUT2D eigenvalue weighted by Crippen LogP contribution is -2.39. The Kier molecular flexibility index (Phi) is 2.18. The van der Waals surface area contributed by atoms with Crippen molar-refractivity contribution in [3.05, 3.63) is 48.2 Å². The summed E-state index contributed by atoms with van der Waals surface area (Å²) < 4.78 is 0. The molecule has 6 nitrogen and oxygen atoms in total. The Bertz CT molecular complexity index is 557. The van der Waals surface area contributed by atoms with Crippen LogP contribution in [0.15, 0.2) is 36.9 Å². The second-order valence-corrected chi connectivity index (χ2v) is 3.59. The molecule has 0 saturated heterocycles. The zero-order valence-electron chi connectivity index (χ0n) is 8.79. The van der Waals surface area contributed by atoms with Gasteiger partial charge < -0.3 is 10.6 Å². The van der Waals surface area contributed by atoms with Crippen LogP contribution in [0.1, 0.15) is 22.2 Å². The molecule has 3 heterocycles. The van der Waals surface area contributed by atoms with Crippen molar-refractivity contribution in [3.8, 4) is 0 Å². The quantitative estimate of drug-likeness (QED) is 0.750. The average molecular weight is 227 g/mol. The molecule has 1 aliphatic heterocycles. The van der Waals surface area contributed by atoms with Crippen molar-refractivity contribution < 1.29 is 4.79 Å². The fraction of sp³-hybridized carbons (Fsp3) is 0.0909. The van der Waals surface area contributed by atoms with Crippen molar-refractivity contribution >= 4 is 11.7 Å². The molecule has 0 saturated carbocycles. The summed E-state index contributed by atoms with van der Waals surface area (Å²) in [4.78, 5) is 23.9. The second kappa shape index (κ2) is 3.82. The highest BCUT2D eigenvalue weighted by Crippen LogP contribution is 2.21. The third-order valence-electron chi connectivity index (χ3n) is 2.49. The Morgan fingerprint density at radius 3 is 2.82 bits per heavy atom.